The van der Waals surface area contributed by atoms with Gasteiger partial charge in [0.15, 0.2) is 0 Å². The Kier molecular flexibility index (Phi) is 8.64. The van der Waals surface area contributed by atoms with Gasteiger partial charge in [0.2, 0.25) is 5.91 Å². The third-order valence-corrected chi connectivity index (χ3v) is 5.58. The molecule has 1 amide bonds. The summed E-state index contributed by atoms with van der Waals surface area (Å²) >= 11 is 0. The molecule has 2 aliphatic rings. The van der Waals surface area contributed by atoms with Gasteiger partial charge in [-0.1, -0.05) is 36.8 Å². The zero-order valence-corrected chi connectivity index (χ0v) is 17.3. The van der Waals surface area contributed by atoms with Crippen LogP contribution in [0.2, 0.25) is 0 Å². The molecule has 2 aliphatic heterocycles. The predicted molar refractivity (Wildman–Crippen MR) is 109 cm³/mol. The molecule has 2 fully saturated rings. The number of aryl methyl sites for hydroxylation is 1. The van der Waals surface area contributed by atoms with Crippen molar-refractivity contribution in [2.45, 2.75) is 46.1 Å². The topological polar surface area (TPSA) is 98.2 Å². The molecule has 1 unspecified atom stereocenters. The van der Waals surface area contributed by atoms with E-state index in [-0.39, 0.29) is 5.92 Å². The molecule has 0 aromatic heterocycles. The van der Waals surface area contributed by atoms with Crippen LogP contribution in [0.25, 0.3) is 0 Å². The Labute approximate surface area is 172 Å². The minimum Gasteiger partial charge on any atom is -0.473 e. The lowest BCUT2D eigenvalue weighted by Gasteiger charge is -2.37. The van der Waals surface area contributed by atoms with Crippen LogP contribution in [-0.4, -0.2) is 64.0 Å². The first-order chi connectivity index (χ1) is 13.8. The van der Waals surface area contributed by atoms with E-state index in [0.717, 1.165) is 45.6 Å². The quantitative estimate of drug-likeness (QED) is 0.752. The van der Waals surface area contributed by atoms with Crippen molar-refractivity contribution in [3.8, 4) is 0 Å². The zero-order valence-electron chi connectivity index (χ0n) is 17.3. The summed E-state index contributed by atoms with van der Waals surface area (Å²) < 4.78 is 0. The maximum Gasteiger partial charge on any atom is 0.414 e. The molecule has 1 aromatic rings. The zero-order chi connectivity index (χ0) is 21.4. The normalized spacial score (nSPS) is 20.5. The Morgan fingerprint density at radius 3 is 2.24 bits per heavy atom. The van der Waals surface area contributed by atoms with Gasteiger partial charge in [-0.3, -0.25) is 9.69 Å². The number of carboxylic acid groups (broad SMARTS) is 2. The van der Waals surface area contributed by atoms with Crippen molar-refractivity contribution in [2.75, 3.05) is 26.2 Å². The molecule has 1 atom stereocenters. The third kappa shape index (κ3) is 7.49. The van der Waals surface area contributed by atoms with Crippen LogP contribution in [0.3, 0.4) is 0 Å². The smallest absolute Gasteiger partial charge is 0.414 e. The average Bonchev–Trinajstić information content (AvgIpc) is 2.68. The van der Waals surface area contributed by atoms with Crippen molar-refractivity contribution in [3.63, 3.8) is 0 Å². The number of benzene rings is 1. The molecule has 0 saturated carbocycles. The molecule has 2 saturated heterocycles. The van der Waals surface area contributed by atoms with Gasteiger partial charge in [-0.25, -0.2) is 9.59 Å². The number of hydrogen-bond donors (Lipinski definition) is 2. The van der Waals surface area contributed by atoms with Crippen LogP contribution in [0.5, 0.6) is 0 Å². The molecule has 29 heavy (non-hydrogen) atoms. The average molecular weight is 405 g/mol. The highest BCUT2D eigenvalue weighted by molar-refractivity contribution is 6.27. The fraction of sp³-hybridized carbons (Fsp3) is 0.591. The lowest BCUT2D eigenvalue weighted by molar-refractivity contribution is -0.159. The predicted octanol–water partition coefficient (Wildman–Crippen LogP) is 2.62. The van der Waals surface area contributed by atoms with Gasteiger partial charge in [0.05, 0.1) is 0 Å². The largest absolute Gasteiger partial charge is 0.473 e. The summed E-state index contributed by atoms with van der Waals surface area (Å²) in [7, 11) is 0. The van der Waals surface area contributed by atoms with E-state index in [1.165, 1.54) is 24.0 Å². The highest BCUT2D eigenvalue weighted by atomic mass is 16.4. The summed E-state index contributed by atoms with van der Waals surface area (Å²) in [5.41, 5.74) is 2.71. The summed E-state index contributed by atoms with van der Waals surface area (Å²) in [6.07, 6.45) is 4.50. The number of carbonyl (C=O) groups excluding carboxylic acids is 1. The van der Waals surface area contributed by atoms with Crippen LogP contribution in [-0.2, 0) is 20.9 Å². The van der Waals surface area contributed by atoms with Crippen LogP contribution in [0.1, 0.15) is 43.7 Å². The molecule has 7 heteroatoms. The van der Waals surface area contributed by atoms with E-state index in [4.69, 9.17) is 19.8 Å². The maximum atomic E-state index is 12.7. The Morgan fingerprint density at radius 2 is 1.69 bits per heavy atom. The van der Waals surface area contributed by atoms with E-state index in [2.05, 4.69) is 47.9 Å². The molecule has 2 N–H and O–H groups in total. The number of carbonyl (C=O) groups is 3. The first kappa shape index (κ1) is 22.9. The number of nitrogens with zero attached hydrogens (tertiary/aromatic N) is 2. The summed E-state index contributed by atoms with van der Waals surface area (Å²) in [5.74, 6) is -2.29. The molecular weight excluding hydrogens is 372 g/mol. The van der Waals surface area contributed by atoms with Crippen molar-refractivity contribution in [1.82, 2.24) is 9.80 Å². The molecular formula is C22H32N2O5. The second kappa shape index (κ2) is 11.0. The number of carboxylic acids is 2. The molecule has 0 aliphatic carbocycles. The van der Waals surface area contributed by atoms with Gasteiger partial charge in [0.1, 0.15) is 0 Å². The van der Waals surface area contributed by atoms with Gasteiger partial charge in [-0.2, -0.15) is 0 Å². The van der Waals surface area contributed by atoms with E-state index in [9.17, 15) is 4.79 Å². The highest BCUT2D eigenvalue weighted by Gasteiger charge is 2.30. The minimum atomic E-state index is -1.82. The molecule has 2 heterocycles. The molecule has 3 rings (SSSR count). The first-order valence-electron chi connectivity index (χ1n) is 10.3. The third-order valence-electron chi connectivity index (χ3n) is 5.58. The van der Waals surface area contributed by atoms with Gasteiger partial charge < -0.3 is 15.1 Å². The van der Waals surface area contributed by atoms with Crippen LogP contribution in [0.15, 0.2) is 24.3 Å². The summed E-state index contributed by atoms with van der Waals surface area (Å²) in [5, 5.41) is 14.8. The van der Waals surface area contributed by atoms with Gasteiger partial charge in [0, 0.05) is 25.6 Å². The number of rotatable bonds is 3. The van der Waals surface area contributed by atoms with E-state index in [1.807, 2.05) is 0 Å². The lowest BCUT2D eigenvalue weighted by Crippen LogP contribution is -2.45. The van der Waals surface area contributed by atoms with E-state index < -0.39 is 11.9 Å². The molecule has 1 aromatic carbocycles. The number of piperidine rings is 2. The second-order valence-electron chi connectivity index (χ2n) is 8.18. The fourth-order valence-corrected chi connectivity index (χ4v) is 4.05. The fourth-order valence-electron chi connectivity index (χ4n) is 4.05. The molecule has 160 valence electrons. The molecule has 0 radical (unpaired) electrons. The van der Waals surface area contributed by atoms with E-state index in [1.54, 1.807) is 0 Å². The Morgan fingerprint density at radius 1 is 1.03 bits per heavy atom. The highest BCUT2D eigenvalue weighted by Crippen LogP contribution is 2.24. The van der Waals surface area contributed by atoms with Gasteiger partial charge in [-0.15, -0.1) is 0 Å². The standard InChI is InChI=1S/C20H30N2O.C2H2O4/c1-16-5-3-7-18(13-16)15-21-11-8-19(9-12-21)20(23)22-10-4-6-17(2)14-22;3-1(4)2(5)6/h3,5,7,13,17,19H,4,6,8-12,14-15H2,1-2H3;(H,3,4)(H,5,6). The SMILES string of the molecule is Cc1cccc(CN2CCC(C(=O)N3CCCC(C)C3)CC2)c1.O=C(O)C(=O)O. The van der Waals surface area contributed by atoms with Crippen LogP contribution in [0.4, 0.5) is 0 Å². The van der Waals surface area contributed by atoms with E-state index >= 15 is 0 Å². The van der Waals surface area contributed by atoms with Crippen molar-refractivity contribution < 1.29 is 24.6 Å². The van der Waals surface area contributed by atoms with Crippen molar-refractivity contribution in [2.24, 2.45) is 11.8 Å². The summed E-state index contributed by atoms with van der Waals surface area (Å²) in [6, 6.07) is 8.76. The van der Waals surface area contributed by atoms with Gasteiger partial charge >= 0.3 is 11.9 Å². The minimum absolute atomic E-state index is 0.258. The number of likely N-dealkylation sites (tertiary alicyclic amines) is 2. The van der Waals surface area contributed by atoms with Crippen molar-refractivity contribution in [3.05, 3.63) is 35.4 Å². The summed E-state index contributed by atoms with van der Waals surface area (Å²) in [4.78, 5) is 35.5. The Bertz CT molecular complexity index is 701. The second-order valence-corrected chi connectivity index (χ2v) is 8.18. The Hall–Kier alpha value is -2.41. The van der Waals surface area contributed by atoms with Gasteiger partial charge in [-0.05, 0) is 57.2 Å². The molecule has 0 spiro atoms. The van der Waals surface area contributed by atoms with Gasteiger partial charge in [0.25, 0.3) is 0 Å². The van der Waals surface area contributed by atoms with Crippen LogP contribution >= 0.6 is 0 Å². The number of amides is 1. The number of hydrogen-bond acceptors (Lipinski definition) is 4. The first-order valence-corrected chi connectivity index (χ1v) is 10.3. The Balaban J connectivity index is 0.000000438. The monoisotopic (exact) mass is 404 g/mol. The molecule has 0 bridgehead atoms. The lowest BCUT2D eigenvalue weighted by atomic mass is 9.92. The maximum absolute atomic E-state index is 12.7. The summed E-state index contributed by atoms with van der Waals surface area (Å²) in [6.45, 7) is 9.48. The number of aliphatic carboxylic acids is 2. The van der Waals surface area contributed by atoms with E-state index in [0.29, 0.717) is 11.8 Å². The van der Waals surface area contributed by atoms with Crippen LogP contribution < -0.4 is 0 Å². The van der Waals surface area contributed by atoms with Crippen LogP contribution in [0, 0.1) is 18.8 Å². The van der Waals surface area contributed by atoms with Crippen molar-refractivity contribution >= 4 is 17.8 Å². The van der Waals surface area contributed by atoms with Crippen molar-refractivity contribution in [1.29, 1.82) is 0 Å². The molecule has 7 nitrogen and oxygen atoms in total.